The van der Waals surface area contributed by atoms with Gasteiger partial charge >= 0.3 is 6.08 Å². The highest BCUT2D eigenvalue weighted by Crippen LogP contribution is 2.40. The number of hydrogen-bond donors (Lipinski definition) is 0. The average Bonchev–Trinajstić information content (AvgIpc) is 2.78. The van der Waals surface area contributed by atoms with E-state index in [2.05, 4.69) is 6.92 Å². The van der Waals surface area contributed by atoms with E-state index in [4.69, 9.17) is 0 Å². The maximum Gasteiger partial charge on any atom is 0.306 e. The Balaban J connectivity index is 1.39. The van der Waals surface area contributed by atoms with E-state index in [0.29, 0.717) is 0 Å². The van der Waals surface area contributed by atoms with Crippen LogP contribution in [0.5, 0.6) is 0 Å². The molecule has 0 nitrogen and oxygen atoms in total. The molecule has 2 fully saturated rings. The van der Waals surface area contributed by atoms with Crippen LogP contribution in [0.1, 0.15) is 94.6 Å². The molecule has 0 amide bonds. The summed E-state index contributed by atoms with van der Waals surface area (Å²) in [6.45, 7) is 2.29. The molecular weight excluding hydrogens is 416 g/mol. The number of halogens is 4. The minimum absolute atomic E-state index is 0.256. The molecule has 5 heteroatoms. The van der Waals surface area contributed by atoms with Gasteiger partial charge in [0.25, 0.3) is 0 Å². The summed E-state index contributed by atoms with van der Waals surface area (Å²) >= 11 is 0. The summed E-state index contributed by atoms with van der Waals surface area (Å²) in [6.07, 6.45) is 11.7. The Kier molecular flexibility index (Phi) is 9.67. The highest BCUT2D eigenvalue weighted by atomic mass is 28.3. The predicted octanol–water partition coefficient (Wildman–Crippen LogP) is 9.24. The molecule has 3 rings (SSSR count). The Morgan fingerprint density at radius 3 is 2.13 bits per heavy atom. The predicted molar refractivity (Wildman–Crippen MR) is 124 cm³/mol. The molecule has 1 aliphatic carbocycles. The van der Waals surface area contributed by atoms with Crippen molar-refractivity contribution in [3.63, 3.8) is 0 Å². The highest BCUT2D eigenvalue weighted by molar-refractivity contribution is 6.58. The van der Waals surface area contributed by atoms with Crippen molar-refractivity contribution in [3.05, 3.63) is 41.2 Å². The van der Waals surface area contributed by atoms with Crippen molar-refractivity contribution in [2.75, 3.05) is 0 Å². The fraction of sp³-hybridized carbons (Fsp3) is 0.692. The van der Waals surface area contributed by atoms with Crippen LogP contribution in [0.25, 0.3) is 5.83 Å². The first-order valence-electron chi connectivity index (χ1n) is 12.5. The van der Waals surface area contributed by atoms with Gasteiger partial charge in [-0.3, -0.25) is 0 Å². The second-order valence-corrected chi connectivity index (χ2v) is 13.5. The first-order valence-corrected chi connectivity index (χ1v) is 14.9. The normalized spacial score (nSPS) is 26.6. The molecule has 0 atom stereocenters. The third-order valence-corrected chi connectivity index (χ3v) is 11.4. The van der Waals surface area contributed by atoms with E-state index in [0.717, 1.165) is 49.1 Å². The van der Waals surface area contributed by atoms with Gasteiger partial charge in [0.2, 0.25) is 0 Å². The van der Waals surface area contributed by atoms with Gasteiger partial charge in [-0.1, -0.05) is 76.1 Å². The van der Waals surface area contributed by atoms with Crippen LogP contribution >= 0.6 is 0 Å². The average molecular weight is 455 g/mol. The second-order valence-electron chi connectivity index (χ2n) is 9.99. The van der Waals surface area contributed by atoms with Gasteiger partial charge in [0.05, 0.1) is 5.56 Å². The summed E-state index contributed by atoms with van der Waals surface area (Å²) < 4.78 is 52.3. The molecule has 0 N–H and O–H groups in total. The van der Waals surface area contributed by atoms with Gasteiger partial charge in [0.15, 0.2) is 5.83 Å². The molecule has 1 aromatic carbocycles. The van der Waals surface area contributed by atoms with Gasteiger partial charge in [-0.05, 0) is 61.1 Å². The molecule has 1 saturated carbocycles. The molecule has 0 unspecified atom stereocenters. The fourth-order valence-electron chi connectivity index (χ4n) is 5.81. The van der Waals surface area contributed by atoms with E-state index in [1.165, 1.54) is 51.0 Å². The topological polar surface area (TPSA) is 0 Å². The van der Waals surface area contributed by atoms with Crippen molar-refractivity contribution in [2.45, 2.75) is 102 Å². The third-order valence-electron chi connectivity index (χ3n) is 7.88. The van der Waals surface area contributed by atoms with Gasteiger partial charge in [0.1, 0.15) is 5.82 Å². The summed E-state index contributed by atoms with van der Waals surface area (Å²) in [6, 6.07) is 8.72. The molecule has 31 heavy (non-hydrogen) atoms. The smallest absolute Gasteiger partial charge is 0.206 e. The lowest BCUT2D eigenvalue weighted by Crippen LogP contribution is -2.22. The van der Waals surface area contributed by atoms with Crippen molar-refractivity contribution in [3.8, 4) is 0 Å². The first-order chi connectivity index (χ1) is 15.0. The zero-order chi connectivity index (χ0) is 22.2. The lowest BCUT2D eigenvalue weighted by atomic mass is 9.76. The Labute approximate surface area is 187 Å². The van der Waals surface area contributed by atoms with E-state index >= 15 is 0 Å². The van der Waals surface area contributed by atoms with Crippen LogP contribution in [0.2, 0.25) is 18.1 Å². The molecule has 1 aromatic rings. The number of unbranched alkanes of at least 4 members (excludes halogenated alkanes) is 2. The lowest BCUT2D eigenvalue weighted by molar-refractivity contribution is 0.280. The maximum absolute atomic E-state index is 14.1. The van der Waals surface area contributed by atoms with Gasteiger partial charge < -0.3 is 0 Å². The van der Waals surface area contributed by atoms with Gasteiger partial charge in [-0.15, -0.1) is 0 Å². The molecule has 0 spiro atoms. The molecule has 0 radical (unpaired) electrons. The van der Waals surface area contributed by atoms with Crippen LogP contribution in [0, 0.1) is 17.7 Å². The van der Waals surface area contributed by atoms with Crippen LogP contribution in [0.4, 0.5) is 17.6 Å². The van der Waals surface area contributed by atoms with Crippen LogP contribution in [0.3, 0.4) is 0 Å². The molecule has 0 bridgehead atoms. The van der Waals surface area contributed by atoms with E-state index < -0.39 is 32.1 Å². The summed E-state index contributed by atoms with van der Waals surface area (Å²) in [4.78, 5) is 0. The van der Waals surface area contributed by atoms with Gasteiger partial charge in [-0.2, -0.15) is 8.78 Å². The second kappa shape index (κ2) is 12.2. The molecule has 2 aliphatic rings. The zero-order valence-corrected chi connectivity index (χ0v) is 20.1. The minimum Gasteiger partial charge on any atom is -0.206 e. The van der Waals surface area contributed by atoms with E-state index in [9.17, 15) is 17.6 Å². The van der Waals surface area contributed by atoms with Crippen LogP contribution in [-0.4, -0.2) is 8.80 Å². The summed E-state index contributed by atoms with van der Waals surface area (Å²) in [5, 5.41) is 0. The van der Waals surface area contributed by atoms with Crippen molar-refractivity contribution >= 4 is 14.6 Å². The van der Waals surface area contributed by atoms with Crippen LogP contribution in [-0.2, 0) is 0 Å². The Bertz CT molecular complexity index is 712. The first kappa shape index (κ1) is 24.5. The van der Waals surface area contributed by atoms with Gasteiger partial charge in [-0.25, -0.2) is 8.78 Å². The van der Waals surface area contributed by atoms with Crippen LogP contribution in [0.15, 0.2) is 24.3 Å². The largest absolute Gasteiger partial charge is 0.306 e. The molecule has 174 valence electrons. The summed E-state index contributed by atoms with van der Waals surface area (Å²) in [5.41, 5.74) is 0.179. The Morgan fingerprint density at radius 2 is 1.55 bits per heavy atom. The van der Waals surface area contributed by atoms with E-state index in [1.807, 2.05) is 0 Å². The van der Waals surface area contributed by atoms with Crippen molar-refractivity contribution in [1.82, 2.24) is 0 Å². The van der Waals surface area contributed by atoms with Gasteiger partial charge in [0, 0.05) is 8.80 Å². The highest BCUT2D eigenvalue weighted by Gasteiger charge is 2.26. The van der Waals surface area contributed by atoms with Crippen LogP contribution < -0.4 is 0 Å². The molecular formula is C26H38F4Si. The fourth-order valence-corrected chi connectivity index (χ4v) is 9.43. The maximum atomic E-state index is 14.1. The SMILES string of the molecule is CCCCC[Si@H]1CC[C@H](CC[C@H]2CC[C@H](c3ccc(C(F)=C(F)F)c(F)c3)CC2)CC1. The Morgan fingerprint density at radius 1 is 0.903 bits per heavy atom. The third kappa shape index (κ3) is 7.20. The lowest BCUT2D eigenvalue weighted by Gasteiger charge is -2.32. The zero-order valence-electron chi connectivity index (χ0n) is 19.0. The summed E-state index contributed by atoms with van der Waals surface area (Å²) in [7, 11) is -0.417. The molecule has 1 aliphatic heterocycles. The van der Waals surface area contributed by atoms with Crippen molar-refractivity contribution < 1.29 is 17.6 Å². The minimum atomic E-state index is -2.47. The van der Waals surface area contributed by atoms with E-state index in [1.54, 1.807) is 24.2 Å². The molecule has 1 heterocycles. The van der Waals surface area contributed by atoms with Crippen molar-refractivity contribution in [1.29, 1.82) is 0 Å². The van der Waals surface area contributed by atoms with E-state index in [-0.39, 0.29) is 5.92 Å². The molecule has 0 aromatic heterocycles. The number of hydrogen-bond acceptors (Lipinski definition) is 0. The Hall–Kier alpha value is -1.10. The number of rotatable bonds is 9. The monoisotopic (exact) mass is 454 g/mol. The number of benzene rings is 1. The summed E-state index contributed by atoms with van der Waals surface area (Å²) in [5.74, 6) is -0.690. The standard InChI is InChI=1S/C26H38F4Si/c1-2-3-4-15-31-16-13-20(14-17-31)6-5-19-7-9-21(10-8-19)22-11-12-23(24(27)18-22)25(28)26(29)30/h11-12,18-21,31H,2-10,13-17H2,1H3/t19-,20-,21-,31-. The quantitative estimate of drug-likeness (QED) is 0.198. The van der Waals surface area contributed by atoms with Crippen molar-refractivity contribution in [2.24, 2.45) is 11.8 Å². The molecule has 1 saturated heterocycles.